The summed E-state index contributed by atoms with van der Waals surface area (Å²) >= 11 is 6.42. The number of aryl methyl sites for hydroxylation is 1. The van der Waals surface area contributed by atoms with Crippen LogP contribution in [-0.2, 0) is 4.79 Å². The van der Waals surface area contributed by atoms with Gasteiger partial charge in [0, 0.05) is 29.7 Å². The molecule has 0 fully saturated rings. The highest BCUT2D eigenvalue weighted by Crippen LogP contribution is 2.35. The molecule has 1 amide bonds. The van der Waals surface area contributed by atoms with Crippen molar-refractivity contribution in [2.45, 2.75) is 26.1 Å². The minimum absolute atomic E-state index is 0.0597. The molecule has 0 saturated carbocycles. The molecular weight excluding hydrogens is 550 g/mol. The predicted octanol–water partition coefficient (Wildman–Crippen LogP) is 3.57. The number of pyridine rings is 1. The Morgan fingerprint density at radius 1 is 1.31 bits per heavy atom. The number of alkyl halides is 3. The predicted molar refractivity (Wildman–Crippen MR) is 129 cm³/mol. The van der Waals surface area contributed by atoms with E-state index in [9.17, 15) is 22.4 Å². The Labute approximate surface area is 220 Å². The van der Waals surface area contributed by atoms with Gasteiger partial charge in [0.2, 0.25) is 5.95 Å². The molecule has 5 rings (SSSR count). The minimum Gasteiger partial charge on any atom is -0.475 e. The van der Waals surface area contributed by atoms with Crippen LogP contribution in [0, 0.1) is 12.9 Å². The molecule has 12 nitrogen and oxygen atoms in total. The minimum atomic E-state index is -5.08. The van der Waals surface area contributed by atoms with Crippen molar-refractivity contribution >= 4 is 40.5 Å². The number of aliphatic carboxylic acids is 1. The number of hydrogen-bond donors (Lipinski definition) is 4. The van der Waals surface area contributed by atoms with Crippen LogP contribution >= 0.6 is 11.6 Å². The van der Waals surface area contributed by atoms with Crippen LogP contribution in [0.4, 0.5) is 23.4 Å². The monoisotopic (exact) mass is 567 g/mol. The van der Waals surface area contributed by atoms with Gasteiger partial charge in [0.15, 0.2) is 11.5 Å². The van der Waals surface area contributed by atoms with E-state index in [0.717, 1.165) is 0 Å². The van der Waals surface area contributed by atoms with Crippen molar-refractivity contribution in [2.75, 3.05) is 5.73 Å². The lowest BCUT2D eigenvalue weighted by molar-refractivity contribution is -0.192. The average Bonchev–Trinajstić information content (AvgIpc) is 3.56. The first kappa shape index (κ1) is 27.3. The number of imidazole rings is 1. The summed E-state index contributed by atoms with van der Waals surface area (Å²) in [5.74, 6) is -3.42. The second-order valence-electron chi connectivity index (χ2n) is 8.06. The Bertz CT molecular complexity index is 1700. The fourth-order valence-corrected chi connectivity index (χ4v) is 4.13. The van der Waals surface area contributed by atoms with Crippen LogP contribution in [0.2, 0.25) is 5.02 Å². The molecule has 0 aliphatic carbocycles. The number of aromatic amines is 1. The third-order valence-corrected chi connectivity index (χ3v) is 5.77. The van der Waals surface area contributed by atoms with Gasteiger partial charge in [-0.3, -0.25) is 14.3 Å². The number of H-pyrrole nitrogens is 1. The topological polar surface area (TPSA) is 169 Å². The summed E-state index contributed by atoms with van der Waals surface area (Å²) < 4.78 is 49.3. The van der Waals surface area contributed by atoms with E-state index in [0.29, 0.717) is 28.3 Å². The van der Waals surface area contributed by atoms with E-state index >= 15 is 0 Å². The summed E-state index contributed by atoms with van der Waals surface area (Å²) in [6, 6.07) is 2.76. The van der Waals surface area contributed by atoms with Crippen molar-refractivity contribution in [3.63, 3.8) is 0 Å². The molecule has 39 heavy (non-hydrogen) atoms. The van der Waals surface area contributed by atoms with Gasteiger partial charge in [-0.15, -0.1) is 5.10 Å². The van der Waals surface area contributed by atoms with E-state index in [4.69, 9.17) is 27.2 Å². The molecule has 0 aliphatic heterocycles. The maximum Gasteiger partial charge on any atom is 0.490 e. The molecule has 5 N–H and O–H groups in total. The molecule has 0 aromatic carbocycles. The molecule has 5 aromatic heterocycles. The number of hydrogen-bond acceptors (Lipinski definition) is 7. The van der Waals surface area contributed by atoms with Crippen LogP contribution in [0.15, 0.2) is 36.9 Å². The summed E-state index contributed by atoms with van der Waals surface area (Å²) in [5.41, 5.74) is 8.56. The summed E-state index contributed by atoms with van der Waals surface area (Å²) in [7, 11) is 0. The molecule has 17 heteroatoms. The molecule has 204 valence electrons. The fraction of sp³-hybridized carbons (Fsp3) is 0.182. The Morgan fingerprint density at radius 2 is 2.00 bits per heavy atom. The summed E-state index contributed by atoms with van der Waals surface area (Å²) in [4.78, 5) is 30.2. The van der Waals surface area contributed by atoms with Crippen LogP contribution in [0.3, 0.4) is 0 Å². The lowest BCUT2D eigenvalue weighted by Crippen LogP contribution is -2.28. The zero-order chi connectivity index (χ0) is 28.6. The van der Waals surface area contributed by atoms with Crippen LogP contribution in [0.5, 0.6) is 0 Å². The normalized spacial score (nSPS) is 12.3. The summed E-state index contributed by atoms with van der Waals surface area (Å²) in [6.45, 7) is 3.46. The van der Waals surface area contributed by atoms with Crippen LogP contribution in [0.1, 0.15) is 34.7 Å². The highest BCUT2D eigenvalue weighted by molar-refractivity contribution is 6.34. The largest absolute Gasteiger partial charge is 0.490 e. The third kappa shape index (κ3) is 5.18. The quantitative estimate of drug-likeness (QED) is 0.239. The van der Waals surface area contributed by atoms with E-state index in [2.05, 4.69) is 30.6 Å². The van der Waals surface area contributed by atoms with Gasteiger partial charge >= 0.3 is 12.1 Å². The van der Waals surface area contributed by atoms with Crippen molar-refractivity contribution in [1.29, 1.82) is 0 Å². The number of fused-ring (bicyclic) bond motifs is 2. The number of carbonyl (C=O) groups excluding carboxylic acids is 1. The zero-order valence-electron chi connectivity index (χ0n) is 20.0. The fourth-order valence-electron chi connectivity index (χ4n) is 3.85. The van der Waals surface area contributed by atoms with Gasteiger partial charge in [-0.25, -0.2) is 19.3 Å². The van der Waals surface area contributed by atoms with Crippen molar-refractivity contribution in [1.82, 2.24) is 39.5 Å². The Balaban J connectivity index is 0.000000448. The van der Waals surface area contributed by atoms with E-state index in [1.807, 2.05) is 0 Å². The highest BCUT2D eigenvalue weighted by Gasteiger charge is 2.38. The lowest BCUT2D eigenvalue weighted by atomic mass is 10.0. The first-order valence-electron chi connectivity index (χ1n) is 10.9. The number of halogens is 5. The second-order valence-corrected chi connectivity index (χ2v) is 8.47. The van der Waals surface area contributed by atoms with Gasteiger partial charge in [0.05, 0.1) is 23.0 Å². The highest BCUT2D eigenvalue weighted by atomic mass is 35.5. The number of nitrogens with one attached hydrogen (secondary N) is 2. The summed E-state index contributed by atoms with van der Waals surface area (Å²) in [5, 5.41) is 21.1. The Hall–Kier alpha value is -4.73. The second kappa shape index (κ2) is 10.2. The number of nitrogens with zero attached hydrogens (tertiary/aromatic N) is 6. The molecule has 0 bridgehead atoms. The summed E-state index contributed by atoms with van der Waals surface area (Å²) in [6.07, 6.45) is 1.40. The van der Waals surface area contributed by atoms with Crippen molar-refractivity contribution in [3.8, 4) is 11.3 Å². The SMILES string of the molecule is Cc1nc(F)c2c(Cl)cc(C(C)NC(=O)c3c(N)nn4cccnc34)c(-c3cn[nH]c3)n12.O=C(O)C(F)(F)F. The maximum absolute atomic E-state index is 14.5. The molecule has 5 aromatic rings. The number of nitrogen functional groups attached to an aromatic ring is 1. The van der Waals surface area contributed by atoms with E-state index in [1.54, 1.807) is 55.2 Å². The first-order chi connectivity index (χ1) is 18.3. The lowest BCUT2D eigenvalue weighted by Gasteiger charge is -2.20. The van der Waals surface area contributed by atoms with Crippen molar-refractivity contribution < 1.29 is 32.3 Å². The zero-order valence-corrected chi connectivity index (χ0v) is 20.7. The molecule has 1 unspecified atom stereocenters. The van der Waals surface area contributed by atoms with Gasteiger partial charge in [0.25, 0.3) is 5.91 Å². The van der Waals surface area contributed by atoms with Gasteiger partial charge in [-0.2, -0.15) is 22.7 Å². The standard InChI is InChI=1S/C20H17ClFN9O.C2HF3O2/c1-9(27-20(32)14-18(23)29-30-5-3-4-24-19(14)30)12-6-13(21)16-17(22)28-10(2)31(16)15(12)11-7-25-26-8-11;3-2(4,5)1(6)7/h3-9H,1-2H3,(H2,23,29)(H,25,26)(H,27,32);(H,6,7). The Morgan fingerprint density at radius 3 is 2.62 bits per heavy atom. The number of carbonyl (C=O) groups is 2. The van der Waals surface area contributed by atoms with Gasteiger partial charge in [-0.05, 0) is 26.0 Å². The first-order valence-corrected chi connectivity index (χ1v) is 11.2. The van der Waals surface area contributed by atoms with Crippen molar-refractivity contribution in [3.05, 3.63) is 64.8 Å². The molecule has 0 spiro atoms. The molecule has 0 radical (unpaired) electrons. The third-order valence-electron chi connectivity index (χ3n) is 5.49. The molecule has 5 heterocycles. The molecule has 1 atom stereocenters. The van der Waals surface area contributed by atoms with E-state index in [-0.39, 0.29) is 21.9 Å². The van der Waals surface area contributed by atoms with Crippen LogP contribution < -0.4 is 11.1 Å². The molecular formula is C22H18ClF4N9O3. The number of aromatic nitrogens is 7. The van der Waals surface area contributed by atoms with Gasteiger partial charge in [0.1, 0.15) is 16.9 Å². The van der Waals surface area contributed by atoms with Gasteiger partial charge in [-0.1, -0.05) is 11.6 Å². The average molecular weight is 568 g/mol. The number of anilines is 1. The van der Waals surface area contributed by atoms with Crippen LogP contribution in [-0.4, -0.2) is 57.3 Å². The van der Waals surface area contributed by atoms with Gasteiger partial charge < -0.3 is 16.2 Å². The number of nitrogens with two attached hydrogens (primary N) is 1. The smallest absolute Gasteiger partial charge is 0.475 e. The molecule has 0 aliphatic rings. The van der Waals surface area contributed by atoms with E-state index < -0.39 is 30.0 Å². The number of carboxylic acid groups (broad SMARTS) is 1. The number of amides is 1. The van der Waals surface area contributed by atoms with Crippen molar-refractivity contribution in [2.24, 2.45) is 0 Å². The number of carboxylic acids is 1. The maximum atomic E-state index is 14.5. The van der Waals surface area contributed by atoms with E-state index in [1.165, 1.54) is 4.52 Å². The molecule has 0 saturated heterocycles. The van der Waals surface area contributed by atoms with Crippen LogP contribution in [0.25, 0.3) is 22.4 Å². The number of rotatable bonds is 4. The Kier molecular flexibility index (Phi) is 7.14.